The fraction of sp³-hybridized carbons (Fsp3) is 0.458. The zero-order valence-corrected chi connectivity index (χ0v) is 18.7. The van der Waals surface area contributed by atoms with Crippen molar-refractivity contribution in [2.75, 3.05) is 40.1 Å². The number of ether oxygens (including phenoxy) is 4. The van der Waals surface area contributed by atoms with Crippen molar-refractivity contribution in [2.24, 2.45) is 4.99 Å². The maximum Gasteiger partial charge on any atom is 0.191 e. The van der Waals surface area contributed by atoms with E-state index in [1.54, 1.807) is 7.11 Å². The number of hydrogen-bond donors (Lipinski definition) is 2. The van der Waals surface area contributed by atoms with Crippen LogP contribution in [0.2, 0.25) is 0 Å². The van der Waals surface area contributed by atoms with Crippen LogP contribution in [0.5, 0.6) is 17.2 Å². The summed E-state index contributed by atoms with van der Waals surface area (Å²) in [5.41, 5.74) is 3.23. The van der Waals surface area contributed by atoms with Crippen LogP contribution in [-0.4, -0.2) is 46.0 Å². The summed E-state index contributed by atoms with van der Waals surface area (Å²) in [6, 6.07) is 12.2. The largest absolute Gasteiger partial charge is 0.491 e. The molecule has 2 N–H and O–H groups in total. The molecule has 31 heavy (non-hydrogen) atoms. The SMILES string of the molecule is CCNC(=NCc1cccc2c1OCCCO2)NCc1ccc(C)cc1OCCOC. The monoisotopic (exact) mass is 427 g/mol. The van der Waals surface area contributed by atoms with Gasteiger partial charge in [0.15, 0.2) is 17.5 Å². The van der Waals surface area contributed by atoms with Gasteiger partial charge < -0.3 is 29.6 Å². The Hall–Kier alpha value is -2.93. The van der Waals surface area contributed by atoms with Crippen LogP contribution in [0.3, 0.4) is 0 Å². The van der Waals surface area contributed by atoms with E-state index in [0.29, 0.717) is 39.5 Å². The molecular formula is C24H33N3O4. The molecule has 0 saturated heterocycles. The van der Waals surface area contributed by atoms with Crippen molar-refractivity contribution < 1.29 is 18.9 Å². The predicted molar refractivity (Wildman–Crippen MR) is 122 cm³/mol. The summed E-state index contributed by atoms with van der Waals surface area (Å²) in [7, 11) is 1.67. The lowest BCUT2D eigenvalue weighted by Gasteiger charge is -2.16. The highest BCUT2D eigenvalue weighted by atomic mass is 16.5. The van der Waals surface area contributed by atoms with Crippen LogP contribution in [0.15, 0.2) is 41.4 Å². The molecule has 0 unspecified atom stereocenters. The average Bonchev–Trinajstić information content (AvgIpc) is 3.03. The summed E-state index contributed by atoms with van der Waals surface area (Å²) in [5.74, 6) is 3.19. The molecule has 2 aromatic rings. The molecule has 168 valence electrons. The summed E-state index contributed by atoms with van der Waals surface area (Å²) in [6.07, 6.45) is 0.882. The molecule has 7 nitrogen and oxygen atoms in total. The molecule has 0 saturated carbocycles. The van der Waals surface area contributed by atoms with Gasteiger partial charge in [0.1, 0.15) is 12.4 Å². The number of para-hydroxylation sites is 1. The van der Waals surface area contributed by atoms with Crippen molar-refractivity contribution in [1.29, 1.82) is 0 Å². The van der Waals surface area contributed by atoms with E-state index in [4.69, 9.17) is 23.9 Å². The number of aryl methyl sites for hydroxylation is 1. The van der Waals surface area contributed by atoms with Gasteiger partial charge in [0.25, 0.3) is 0 Å². The first-order chi connectivity index (χ1) is 15.2. The first kappa shape index (κ1) is 22.7. The minimum atomic E-state index is 0.493. The van der Waals surface area contributed by atoms with Crippen molar-refractivity contribution in [3.63, 3.8) is 0 Å². The van der Waals surface area contributed by atoms with Crippen molar-refractivity contribution in [3.05, 3.63) is 53.1 Å². The van der Waals surface area contributed by atoms with Crippen molar-refractivity contribution in [1.82, 2.24) is 10.6 Å². The minimum Gasteiger partial charge on any atom is -0.491 e. The van der Waals surface area contributed by atoms with Gasteiger partial charge in [0.05, 0.1) is 26.4 Å². The summed E-state index contributed by atoms with van der Waals surface area (Å²) in [4.78, 5) is 4.76. The Labute approximate surface area is 184 Å². The van der Waals surface area contributed by atoms with Gasteiger partial charge in [-0.2, -0.15) is 0 Å². The molecule has 0 aliphatic carbocycles. The molecule has 0 bridgehead atoms. The van der Waals surface area contributed by atoms with E-state index in [1.165, 1.54) is 0 Å². The number of hydrogen-bond acceptors (Lipinski definition) is 5. The Kier molecular flexibility index (Phi) is 8.84. The molecule has 2 aromatic carbocycles. The molecule has 1 heterocycles. The Balaban J connectivity index is 1.69. The van der Waals surface area contributed by atoms with E-state index in [2.05, 4.69) is 29.7 Å². The van der Waals surface area contributed by atoms with Crippen molar-refractivity contribution in [3.8, 4) is 17.2 Å². The molecule has 1 aliphatic heterocycles. The number of methoxy groups -OCH3 is 1. The third kappa shape index (κ3) is 6.79. The summed E-state index contributed by atoms with van der Waals surface area (Å²) < 4.78 is 22.7. The van der Waals surface area contributed by atoms with Crippen LogP contribution in [0.25, 0.3) is 0 Å². The molecule has 1 aliphatic rings. The molecule has 0 radical (unpaired) electrons. The van der Waals surface area contributed by atoms with Gasteiger partial charge in [0.2, 0.25) is 0 Å². The van der Waals surface area contributed by atoms with Gasteiger partial charge in [-0.1, -0.05) is 24.3 Å². The van der Waals surface area contributed by atoms with Gasteiger partial charge >= 0.3 is 0 Å². The normalized spacial score (nSPS) is 13.5. The Morgan fingerprint density at radius 1 is 1.06 bits per heavy atom. The molecule has 0 amide bonds. The zero-order chi connectivity index (χ0) is 21.9. The minimum absolute atomic E-state index is 0.493. The first-order valence-electron chi connectivity index (χ1n) is 10.8. The standard InChI is InChI=1S/C24H33N3O4/c1-4-25-24(26-16-19-10-9-18(2)15-22(19)30-14-13-28-3)27-17-20-7-5-8-21-23(20)31-12-6-11-29-21/h5,7-10,15H,4,6,11-14,16-17H2,1-3H3,(H2,25,26,27). The molecule has 0 fully saturated rings. The van der Waals surface area contributed by atoms with E-state index >= 15 is 0 Å². The number of rotatable bonds is 9. The highest BCUT2D eigenvalue weighted by molar-refractivity contribution is 5.79. The van der Waals surface area contributed by atoms with Crippen molar-refractivity contribution >= 4 is 5.96 Å². The topological polar surface area (TPSA) is 73.3 Å². The van der Waals surface area contributed by atoms with Crippen LogP contribution in [-0.2, 0) is 17.8 Å². The van der Waals surface area contributed by atoms with Gasteiger partial charge in [-0.3, -0.25) is 0 Å². The highest BCUT2D eigenvalue weighted by Gasteiger charge is 2.14. The number of nitrogens with one attached hydrogen (secondary N) is 2. The van der Waals surface area contributed by atoms with Gasteiger partial charge in [-0.05, 0) is 31.5 Å². The van der Waals surface area contributed by atoms with Crippen LogP contribution in [0.4, 0.5) is 0 Å². The fourth-order valence-corrected chi connectivity index (χ4v) is 3.24. The van der Waals surface area contributed by atoms with E-state index in [0.717, 1.165) is 52.9 Å². The average molecular weight is 428 g/mol. The fourth-order valence-electron chi connectivity index (χ4n) is 3.24. The van der Waals surface area contributed by atoms with Crippen LogP contribution in [0, 0.1) is 6.92 Å². The second kappa shape index (κ2) is 12.1. The third-order valence-corrected chi connectivity index (χ3v) is 4.82. The summed E-state index contributed by atoms with van der Waals surface area (Å²) in [6.45, 7) is 8.37. The smallest absolute Gasteiger partial charge is 0.191 e. The lowest BCUT2D eigenvalue weighted by molar-refractivity contribution is 0.145. The van der Waals surface area contributed by atoms with Crippen LogP contribution in [0.1, 0.15) is 30.0 Å². The quantitative estimate of drug-likeness (QED) is 0.363. The van der Waals surface area contributed by atoms with Gasteiger partial charge in [-0.25, -0.2) is 4.99 Å². The lowest BCUT2D eigenvalue weighted by Crippen LogP contribution is -2.36. The van der Waals surface area contributed by atoms with Crippen LogP contribution >= 0.6 is 0 Å². The zero-order valence-electron chi connectivity index (χ0n) is 18.7. The molecule has 0 spiro atoms. The third-order valence-electron chi connectivity index (χ3n) is 4.82. The molecular weight excluding hydrogens is 394 g/mol. The summed E-state index contributed by atoms with van der Waals surface area (Å²) in [5, 5.41) is 6.71. The predicted octanol–water partition coefficient (Wildman–Crippen LogP) is 3.44. The first-order valence-corrected chi connectivity index (χ1v) is 10.8. The van der Waals surface area contributed by atoms with E-state index in [1.807, 2.05) is 31.2 Å². The van der Waals surface area contributed by atoms with Gasteiger partial charge in [0, 0.05) is 37.7 Å². The highest BCUT2D eigenvalue weighted by Crippen LogP contribution is 2.33. The number of fused-ring (bicyclic) bond motifs is 1. The number of benzene rings is 2. The molecule has 3 rings (SSSR count). The lowest BCUT2D eigenvalue weighted by atomic mass is 10.1. The second-order valence-corrected chi connectivity index (χ2v) is 7.30. The van der Waals surface area contributed by atoms with E-state index < -0.39 is 0 Å². The van der Waals surface area contributed by atoms with Crippen LogP contribution < -0.4 is 24.8 Å². The molecule has 7 heteroatoms. The van der Waals surface area contributed by atoms with E-state index in [9.17, 15) is 0 Å². The maximum absolute atomic E-state index is 5.91. The Bertz CT molecular complexity index is 870. The second-order valence-electron chi connectivity index (χ2n) is 7.30. The van der Waals surface area contributed by atoms with E-state index in [-0.39, 0.29) is 0 Å². The number of guanidine groups is 1. The van der Waals surface area contributed by atoms with Crippen molar-refractivity contribution in [2.45, 2.75) is 33.4 Å². The molecule has 0 atom stereocenters. The Morgan fingerprint density at radius 3 is 2.77 bits per heavy atom. The summed E-state index contributed by atoms with van der Waals surface area (Å²) >= 11 is 0. The number of aliphatic imine (C=N–C) groups is 1. The maximum atomic E-state index is 5.91. The van der Waals surface area contributed by atoms with Gasteiger partial charge in [-0.15, -0.1) is 0 Å². The Morgan fingerprint density at radius 2 is 1.94 bits per heavy atom. The number of nitrogens with zero attached hydrogens (tertiary/aromatic N) is 1. The molecule has 0 aromatic heterocycles.